The van der Waals surface area contributed by atoms with Gasteiger partial charge in [0.25, 0.3) is 0 Å². The Morgan fingerprint density at radius 1 is 1.33 bits per heavy atom. The Morgan fingerprint density at radius 2 is 2.20 bits per heavy atom. The van der Waals surface area contributed by atoms with Gasteiger partial charge in [-0.25, -0.2) is 0 Å². The molecule has 1 saturated carbocycles. The van der Waals surface area contributed by atoms with Gasteiger partial charge in [0, 0.05) is 11.6 Å². The summed E-state index contributed by atoms with van der Waals surface area (Å²) in [5.74, 6) is 1.56. The molecule has 80 valence electrons. The van der Waals surface area contributed by atoms with E-state index in [0.29, 0.717) is 6.04 Å². The Hall–Kier alpha value is -0.850. The largest absolute Gasteiger partial charge is 0.286 e. The van der Waals surface area contributed by atoms with Crippen molar-refractivity contribution in [2.24, 2.45) is 16.8 Å². The van der Waals surface area contributed by atoms with Crippen LogP contribution in [-0.2, 0) is 0 Å². The topological polar surface area (TPSA) is 12.4 Å². The van der Waals surface area contributed by atoms with E-state index in [2.05, 4.69) is 26.0 Å². The molecule has 3 aliphatic rings. The van der Waals surface area contributed by atoms with E-state index >= 15 is 0 Å². The fourth-order valence-electron chi connectivity index (χ4n) is 3.36. The van der Waals surface area contributed by atoms with Crippen molar-refractivity contribution in [1.82, 2.24) is 0 Å². The van der Waals surface area contributed by atoms with Crippen LogP contribution in [0.5, 0.6) is 0 Å². The first-order valence-electron chi connectivity index (χ1n) is 6.25. The lowest BCUT2D eigenvalue weighted by Crippen LogP contribution is -2.43. The summed E-state index contributed by atoms with van der Waals surface area (Å²) in [5.41, 5.74) is 4.56. The minimum Gasteiger partial charge on any atom is -0.286 e. The minimum absolute atomic E-state index is 0.656. The Bertz CT molecular complexity index is 373. The van der Waals surface area contributed by atoms with Crippen molar-refractivity contribution in [2.45, 2.75) is 45.6 Å². The van der Waals surface area contributed by atoms with Crippen LogP contribution in [0, 0.1) is 11.8 Å². The maximum absolute atomic E-state index is 4.91. The van der Waals surface area contributed by atoms with E-state index in [4.69, 9.17) is 4.99 Å². The van der Waals surface area contributed by atoms with Gasteiger partial charge in [-0.3, -0.25) is 4.99 Å². The average molecular weight is 201 g/mol. The van der Waals surface area contributed by atoms with Crippen LogP contribution in [-0.4, -0.2) is 11.8 Å². The van der Waals surface area contributed by atoms with Crippen molar-refractivity contribution >= 4 is 5.71 Å². The fourth-order valence-corrected chi connectivity index (χ4v) is 3.36. The molecule has 1 heteroatoms. The van der Waals surface area contributed by atoms with Crippen LogP contribution in [0.1, 0.15) is 39.5 Å². The summed E-state index contributed by atoms with van der Waals surface area (Å²) >= 11 is 0. The van der Waals surface area contributed by atoms with Gasteiger partial charge in [-0.1, -0.05) is 24.6 Å². The van der Waals surface area contributed by atoms with Gasteiger partial charge in [-0.05, 0) is 44.1 Å². The summed E-state index contributed by atoms with van der Waals surface area (Å²) in [6.45, 7) is 4.55. The van der Waals surface area contributed by atoms with E-state index in [9.17, 15) is 0 Å². The zero-order valence-corrected chi connectivity index (χ0v) is 9.66. The van der Waals surface area contributed by atoms with Gasteiger partial charge in [-0.2, -0.15) is 0 Å². The Kier molecular flexibility index (Phi) is 2.08. The highest BCUT2D eigenvalue weighted by atomic mass is 14.9. The van der Waals surface area contributed by atoms with Crippen molar-refractivity contribution < 1.29 is 0 Å². The minimum atomic E-state index is 0.656. The molecule has 1 heterocycles. The molecule has 15 heavy (non-hydrogen) atoms. The molecular weight excluding hydrogens is 182 g/mol. The molecule has 0 aromatic carbocycles. The summed E-state index contributed by atoms with van der Waals surface area (Å²) in [4.78, 5) is 4.91. The molecule has 1 fully saturated rings. The first-order valence-corrected chi connectivity index (χ1v) is 6.25. The molecule has 1 aliphatic heterocycles. The lowest BCUT2D eigenvalue weighted by Gasteiger charge is -2.46. The molecule has 2 aliphatic carbocycles. The predicted molar refractivity (Wildman–Crippen MR) is 64.2 cm³/mol. The van der Waals surface area contributed by atoms with E-state index in [1.165, 1.54) is 18.6 Å². The van der Waals surface area contributed by atoms with Crippen molar-refractivity contribution in [1.29, 1.82) is 0 Å². The number of hydrogen-bond acceptors (Lipinski definition) is 1. The number of hydrogen-bond donors (Lipinski definition) is 0. The molecule has 3 atom stereocenters. The van der Waals surface area contributed by atoms with Crippen LogP contribution < -0.4 is 0 Å². The number of rotatable bonds is 1. The molecule has 3 rings (SSSR count). The summed E-state index contributed by atoms with van der Waals surface area (Å²) < 4.78 is 0. The molecule has 0 saturated heterocycles. The van der Waals surface area contributed by atoms with Crippen molar-refractivity contribution in [2.75, 3.05) is 0 Å². The van der Waals surface area contributed by atoms with Crippen LogP contribution in [0.3, 0.4) is 0 Å². The Morgan fingerprint density at radius 3 is 2.87 bits per heavy atom. The fraction of sp³-hybridized carbons (Fsp3) is 0.643. The van der Waals surface area contributed by atoms with E-state index in [1.54, 1.807) is 11.1 Å². The average Bonchev–Trinajstić information content (AvgIpc) is 2.20. The van der Waals surface area contributed by atoms with Crippen LogP contribution in [0.25, 0.3) is 0 Å². The third-order valence-electron chi connectivity index (χ3n) is 4.31. The second-order valence-corrected chi connectivity index (χ2v) is 5.06. The number of aliphatic imine (C=N–C) groups is 1. The van der Waals surface area contributed by atoms with Crippen LogP contribution in [0.15, 0.2) is 28.3 Å². The maximum Gasteiger partial charge on any atom is 0.0540 e. The number of fused-ring (bicyclic) bond motifs is 3. The maximum atomic E-state index is 4.91. The molecular formula is C14H19N. The summed E-state index contributed by atoms with van der Waals surface area (Å²) in [5, 5.41) is 0. The third-order valence-corrected chi connectivity index (χ3v) is 4.31. The number of nitrogens with zero attached hydrogens (tertiary/aromatic N) is 1. The molecule has 0 N–H and O–H groups in total. The van der Waals surface area contributed by atoms with Crippen molar-refractivity contribution in [3.05, 3.63) is 23.3 Å². The normalized spacial score (nSPS) is 38.0. The highest BCUT2D eigenvalue weighted by Gasteiger charge is 2.43. The predicted octanol–water partition coefficient (Wildman–Crippen LogP) is 3.52. The van der Waals surface area contributed by atoms with E-state index < -0.39 is 0 Å². The molecule has 0 aromatic rings. The highest BCUT2D eigenvalue weighted by molar-refractivity contribution is 6.02. The lowest BCUT2D eigenvalue weighted by atomic mass is 9.62. The number of allylic oxidation sites excluding steroid dienone is 4. The highest BCUT2D eigenvalue weighted by Crippen LogP contribution is 2.48. The molecule has 1 nitrogen and oxygen atoms in total. The monoisotopic (exact) mass is 201 g/mol. The second-order valence-electron chi connectivity index (χ2n) is 5.06. The standard InChI is InChI=1S/C14H19N/c1-3-12-10-6-4-5-9(2)14(10)11-7-8-13(11)15-12/h5-6,11,13-14H,3-4,7-8H2,1-2H3. The molecule has 3 unspecified atom stereocenters. The molecule has 0 bridgehead atoms. The van der Waals surface area contributed by atoms with Gasteiger partial charge in [0.2, 0.25) is 0 Å². The summed E-state index contributed by atoms with van der Waals surface area (Å²) in [6.07, 6.45) is 9.76. The van der Waals surface area contributed by atoms with Crippen molar-refractivity contribution in [3.63, 3.8) is 0 Å². The van der Waals surface area contributed by atoms with Gasteiger partial charge < -0.3 is 0 Å². The lowest BCUT2D eigenvalue weighted by molar-refractivity contribution is 0.203. The zero-order chi connectivity index (χ0) is 10.4. The van der Waals surface area contributed by atoms with Gasteiger partial charge in [0.05, 0.1) is 6.04 Å². The summed E-state index contributed by atoms with van der Waals surface area (Å²) in [6, 6.07) is 0.656. The quantitative estimate of drug-likeness (QED) is 0.576. The van der Waals surface area contributed by atoms with Gasteiger partial charge in [0.15, 0.2) is 0 Å². The molecule has 0 radical (unpaired) electrons. The molecule has 0 spiro atoms. The van der Waals surface area contributed by atoms with Crippen LogP contribution in [0.4, 0.5) is 0 Å². The first-order chi connectivity index (χ1) is 7.31. The van der Waals surface area contributed by atoms with Gasteiger partial charge in [0.1, 0.15) is 0 Å². The van der Waals surface area contributed by atoms with Crippen LogP contribution >= 0.6 is 0 Å². The van der Waals surface area contributed by atoms with Crippen molar-refractivity contribution in [3.8, 4) is 0 Å². The van der Waals surface area contributed by atoms with Gasteiger partial charge in [-0.15, -0.1) is 0 Å². The van der Waals surface area contributed by atoms with Crippen LogP contribution in [0.2, 0.25) is 0 Å². The summed E-state index contributed by atoms with van der Waals surface area (Å²) in [7, 11) is 0. The molecule has 0 amide bonds. The van der Waals surface area contributed by atoms with E-state index in [0.717, 1.165) is 24.7 Å². The van der Waals surface area contributed by atoms with E-state index in [1.807, 2.05) is 0 Å². The Labute approximate surface area is 92.0 Å². The van der Waals surface area contributed by atoms with Gasteiger partial charge >= 0.3 is 0 Å². The Balaban J connectivity index is 2.03. The third kappa shape index (κ3) is 1.25. The molecule has 0 aromatic heterocycles. The smallest absolute Gasteiger partial charge is 0.0540 e. The SMILES string of the molecule is CCC1=NC2CCC2C2C(C)=CCC=C12. The second kappa shape index (κ2) is 3.33. The first kappa shape index (κ1) is 9.38. The van der Waals surface area contributed by atoms with E-state index in [-0.39, 0.29) is 0 Å². The zero-order valence-electron chi connectivity index (χ0n) is 9.66.